The van der Waals surface area contributed by atoms with Gasteiger partial charge >= 0.3 is 6.03 Å². The van der Waals surface area contributed by atoms with E-state index in [4.69, 9.17) is 0 Å². The number of hydrogen-bond donors (Lipinski definition) is 1. The fourth-order valence-corrected chi connectivity index (χ4v) is 4.17. The quantitative estimate of drug-likeness (QED) is 0.687. The van der Waals surface area contributed by atoms with Crippen LogP contribution in [-0.4, -0.2) is 35.5 Å². The lowest BCUT2D eigenvalue weighted by atomic mass is 9.90. The molecule has 138 valence electrons. The van der Waals surface area contributed by atoms with Gasteiger partial charge in [0.2, 0.25) is 0 Å². The first-order chi connectivity index (χ1) is 13.0. The fraction of sp³-hybridized carbons (Fsp3) is 0.238. The number of thiophene rings is 1. The third-order valence-corrected chi connectivity index (χ3v) is 5.75. The molecule has 0 unspecified atom stereocenters. The van der Waals surface area contributed by atoms with E-state index in [2.05, 4.69) is 10.7 Å². The molecule has 0 spiro atoms. The molecule has 27 heavy (non-hydrogen) atoms. The normalized spacial score (nSPS) is 19.9. The monoisotopic (exact) mass is 379 g/mol. The highest BCUT2D eigenvalue weighted by molar-refractivity contribution is 7.07. The summed E-state index contributed by atoms with van der Waals surface area (Å²) in [5.41, 5.74) is 0.916. The molecule has 2 heterocycles. The summed E-state index contributed by atoms with van der Waals surface area (Å²) in [7, 11) is 1.91. The van der Waals surface area contributed by atoms with E-state index < -0.39 is 5.54 Å². The number of urea groups is 1. The average molecular weight is 379 g/mol. The molecular formula is C21H21N3O2S. The van der Waals surface area contributed by atoms with Gasteiger partial charge in [-0.3, -0.25) is 9.69 Å². The molecule has 0 radical (unpaired) electrons. The van der Waals surface area contributed by atoms with Crippen LogP contribution in [0, 0.1) is 0 Å². The van der Waals surface area contributed by atoms with Crippen LogP contribution in [0.25, 0.3) is 10.8 Å². The van der Waals surface area contributed by atoms with Gasteiger partial charge in [0.25, 0.3) is 5.91 Å². The summed E-state index contributed by atoms with van der Waals surface area (Å²) in [6.07, 6.45) is 0. The van der Waals surface area contributed by atoms with Crippen LogP contribution in [0.2, 0.25) is 0 Å². The highest BCUT2D eigenvalue weighted by Gasteiger charge is 2.49. The zero-order valence-electron chi connectivity index (χ0n) is 15.3. The van der Waals surface area contributed by atoms with E-state index in [0.29, 0.717) is 6.54 Å². The summed E-state index contributed by atoms with van der Waals surface area (Å²) in [6, 6.07) is 15.6. The van der Waals surface area contributed by atoms with Gasteiger partial charge in [0, 0.05) is 6.54 Å². The maximum Gasteiger partial charge on any atom is 0.326 e. The molecule has 1 N–H and O–H groups in total. The molecule has 3 amide bonds. The smallest absolute Gasteiger partial charge is 0.319 e. The molecule has 1 saturated heterocycles. The Bertz CT molecular complexity index is 1000. The third-order valence-electron chi connectivity index (χ3n) is 5.02. The van der Waals surface area contributed by atoms with Gasteiger partial charge in [-0.2, -0.15) is 11.3 Å². The zero-order chi connectivity index (χ0) is 19.0. The van der Waals surface area contributed by atoms with Crippen molar-refractivity contribution in [3.8, 4) is 0 Å². The van der Waals surface area contributed by atoms with E-state index in [1.54, 1.807) is 18.3 Å². The van der Waals surface area contributed by atoms with Crippen LogP contribution >= 0.6 is 11.3 Å². The minimum Gasteiger partial charge on any atom is -0.319 e. The largest absolute Gasteiger partial charge is 0.326 e. The lowest BCUT2D eigenvalue weighted by Crippen LogP contribution is -2.42. The van der Waals surface area contributed by atoms with E-state index in [9.17, 15) is 9.59 Å². The lowest BCUT2D eigenvalue weighted by Gasteiger charge is -2.25. The second-order valence-electron chi connectivity index (χ2n) is 7.14. The third kappa shape index (κ3) is 3.22. The predicted octanol–water partition coefficient (Wildman–Crippen LogP) is 3.76. The molecule has 0 bridgehead atoms. The number of nitrogens with zero attached hydrogens (tertiary/aromatic N) is 2. The summed E-state index contributed by atoms with van der Waals surface area (Å²) >= 11 is 1.64. The zero-order valence-corrected chi connectivity index (χ0v) is 16.1. The molecular weight excluding hydrogens is 358 g/mol. The molecule has 1 fully saturated rings. The first-order valence-electron chi connectivity index (χ1n) is 8.80. The Kier molecular flexibility index (Phi) is 4.45. The standard InChI is InChI=1S/C21H21N3O2S/c1-21(18-8-7-16-5-3-4-6-17(16)11-18)19(25)24(20(26)22-21)14-23(2)12-15-9-10-27-13-15/h3-11,13H,12,14H2,1-2H3,(H,22,26)/t21-/m0/s1. The Hall–Kier alpha value is -2.70. The van der Waals surface area contributed by atoms with Crippen molar-refractivity contribution in [1.82, 2.24) is 15.1 Å². The van der Waals surface area contributed by atoms with E-state index >= 15 is 0 Å². The van der Waals surface area contributed by atoms with Crippen molar-refractivity contribution >= 4 is 34.0 Å². The molecule has 4 rings (SSSR count). The molecule has 1 atom stereocenters. The van der Waals surface area contributed by atoms with Gasteiger partial charge in [-0.1, -0.05) is 36.4 Å². The van der Waals surface area contributed by atoms with Crippen molar-refractivity contribution in [2.75, 3.05) is 13.7 Å². The van der Waals surface area contributed by atoms with Gasteiger partial charge in [-0.25, -0.2) is 9.69 Å². The lowest BCUT2D eigenvalue weighted by molar-refractivity contribution is -0.132. The van der Waals surface area contributed by atoms with Gasteiger partial charge in [0.15, 0.2) is 0 Å². The maximum atomic E-state index is 13.1. The van der Waals surface area contributed by atoms with Gasteiger partial charge in [-0.05, 0) is 58.8 Å². The van der Waals surface area contributed by atoms with Crippen molar-refractivity contribution in [2.45, 2.75) is 19.0 Å². The molecule has 6 heteroatoms. The van der Waals surface area contributed by atoms with Crippen molar-refractivity contribution in [3.63, 3.8) is 0 Å². The fourth-order valence-electron chi connectivity index (χ4n) is 3.51. The summed E-state index contributed by atoms with van der Waals surface area (Å²) in [5, 5.41) is 9.13. The second-order valence-corrected chi connectivity index (χ2v) is 7.92. The molecule has 3 aromatic rings. The van der Waals surface area contributed by atoms with Crippen LogP contribution in [0.5, 0.6) is 0 Å². The molecule has 1 aliphatic heterocycles. The van der Waals surface area contributed by atoms with Crippen molar-refractivity contribution in [3.05, 3.63) is 70.4 Å². The Morgan fingerprint density at radius 2 is 1.89 bits per heavy atom. The minimum atomic E-state index is -1.05. The SMILES string of the molecule is CN(Cc1ccsc1)CN1C(=O)N[C@@](C)(c2ccc3ccccc3c2)C1=O. The molecule has 0 aliphatic carbocycles. The topological polar surface area (TPSA) is 52.6 Å². The van der Waals surface area contributed by atoms with Crippen LogP contribution in [0.1, 0.15) is 18.1 Å². The highest BCUT2D eigenvalue weighted by Crippen LogP contribution is 2.31. The number of rotatable bonds is 5. The van der Waals surface area contributed by atoms with Crippen molar-refractivity contribution in [1.29, 1.82) is 0 Å². The highest BCUT2D eigenvalue weighted by atomic mass is 32.1. The first-order valence-corrected chi connectivity index (χ1v) is 9.75. The number of imide groups is 1. The van der Waals surface area contributed by atoms with Crippen molar-refractivity contribution < 1.29 is 9.59 Å². The van der Waals surface area contributed by atoms with Crippen LogP contribution < -0.4 is 5.32 Å². The van der Waals surface area contributed by atoms with Gasteiger partial charge in [0.1, 0.15) is 5.54 Å². The Labute approximate surface area is 162 Å². The number of amides is 3. The number of carbonyl (C=O) groups excluding carboxylic acids is 2. The predicted molar refractivity (Wildman–Crippen MR) is 107 cm³/mol. The van der Waals surface area contributed by atoms with Crippen LogP contribution in [-0.2, 0) is 16.9 Å². The first kappa shape index (κ1) is 17.7. The van der Waals surface area contributed by atoms with E-state index in [1.165, 1.54) is 10.5 Å². The molecule has 2 aromatic carbocycles. The maximum absolute atomic E-state index is 13.1. The molecule has 0 saturated carbocycles. The summed E-state index contributed by atoms with van der Waals surface area (Å²) < 4.78 is 0. The molecule has 1 aromatic heterocycles. The Balaban J connectivity index is 1.56. The minimum absolute atomic E-state index is 0.222. The summed E-state index contributed by atoms with van der Waals surface area (Å²) in [4.78, 5) is 28.9. The van der Waals surface area contributed by atoms with Crippen LogP contribution in [0.15, 0.2) is 59.3 Å². The number of carbonyl (C=O) groups is 2. The average Bonchev–Trinajstić information content (AvgIpc) is 3.24. The van der Waals surface area contributed by atoms with Gasteiger partial charge < -0.3 is 5.32 Å². The van der Waals surface area contributed by atoms with Gasteiger partial charge in [0.05, 0.1) is 6.67 Å². The van der Waals surface area contributed by atoms with Crippen LogP contribution in [0.4, 0.5) is 4.79 Å². The summed E-state index contributed by atoms with van der Waals surface area (Å²) in [5.74, 6) is -0.222. The number of nitrogens with one attached hydrogen (secondary N) is 1. The van der Waals surface area contributed by atoms with Gasteiger partial charge in [-0.15, -0.1) is 0 Å². The number of benzene rings is 2. The second kappa shape index (κ2) is 6.79. The number of fused-ring (bicyclic) bond motifs is 1. The van der Waals surface area contributed by atoms with E-state index in [1.807, 2.05) is 65.9 Å². The molecule has 5 nitrogen and oxygen atoms in total. The van der Waals surface area contributed by atoms with E-state index in [0.717, 1.165) is 16.3 Å². The van der Waals surface area contributed by atoms with E-state index in [-0.39, 0.29) is 18.6 Å². The Morgan fingerprint density at radius 1 is 1.11 bits per heavy atom. The number of hydrogen-bond acceptors (Lipinski definition) is 4. The molecule has 1 aliphatic rings. The summed E-state index contributed by atoms with van der Waals surface area (Å²) in [6.45, 7) is 2.72. The van der Waals surface area contributed by atoms with Crippen molar-refractivity contribution in [2.24, 2.45) is 0 Å². The Morgan fingerprint density at radius 3 is 2.63 bits per heavy atom. The van der Waals surface area contributed by atoms with Crippen LogP contribution in [0.3, 0.4) is 0 Å².